The van der Waals surface area contributed by atoms with E-state index in [0.717, 1.165) is 0 Å². The highest BCUT2D eigenvalue weighted by atomic mass is 16.4. The molecule has 0 rings (SSSR count). The predicted octanol–water partition coefficient (Wildman–Crippen LogP) is -2.17. The Morgan fingerprint density at radius 1 is 0.815 bits per heavy atom. The summed E-state index contributed by atoms with van der Waals surface area (Å²) in [6.07, 6.45) is -0.289. The number of carboxylic acids is 3. The van der Waals surface area contributed by atoms with Crippen molar-refractivity contribution in [1.82, 2.24) is 10.6 Å². The van der Waals surface area contributed by atoms with E-state index in [2.05, 4.69) is 10.6 Å². The topological polar surface area (TPSA) is 222 Å². The van der Waals surface area contributed by atoms with E-state index >= 15 is 0 Å². The van der Waals surface area contributed by atoms with Crippen LogP contribution in [0, 0.1) is 0 Å². The van der Waals surface area contributed by atoms with Crippen molar-refractivity contribution in [3.63, 3.8) is 0 Å². The van der Waals surface area contributed by atoms with Gasteiger partial charge in [0, 0.05) is 6.42 Å². The number of carbonyl (C=O) groups is 5. The van der Waals surface area contributed by atoms with Gasteiger partial charge in [0.2, 0.25) is 11.8 Å². The molecule has 0 aliphatic carbocycles. The summed E-state index contributed by atoms with van der Waals surface area (Å²) in [6.45, 7) is 1.23. The number of aliphatic carboxylic acids is 3. The Labute approximate surface area is 155 Å². The van der Waals surface area contributed by atoms with Crippen LogP contribution in [0.4, 0.5) is 0 Å². The number of hydrogen-bond donors (Lipinski definition) is 7. The fraction of sp³-hybridized carbons (Fsp3) is 0.667. The number of carbonyl (C=O) groups excluding carboxylic acids is 2. The molecule has 27 heavy (non-hydrogen) atoms. The van der Waals surface area contributed by atoms with E-state index in [1.54, 1.807) is 0 Å². The zero-order chi connectivity index (χ0) is 21.1. The van der Waals surface area contributed by atoms with Crippen LogP contribution in [0.25, 0.3) is 0 Å². The number of carboxylic acid groups (broad SMARTS) is 3. The first-order valence-corrected chi connectivity index (χ1v) is 8.25. The molecule has 0 aromatic rings. The molecule has 1 unspecified atom stereocenters. The van der Waals surface area contributed by atoms with Crippen LogP contribution in [-0.2, 0) is 24.0 Å². The molecule has 4 atom stereocenters. The Hall–Kier alpha value is -2.73. The summed E-state index contributed by atoms with van der Waals surface area (Å²) in [6, 6.07) is -4.69. The lowest BCUT2D eigenvalue weighted by atomic mass is 10.0. The summed E-state index contributed by atoms with van der Waals surface area (Å²) >= 11 is 0. The first-order chi connectivity index (χ1) is 12.5. The molecule has 0 aliphatic heterocycles. The van der Waals surface area contributed by atoms with Crippen LogP contribution in [0.15, 0.2) is 0 Å². The zero-order valence-electron chi connectivity index (χ0n) is 14.9. The Balaban J connectivity index is 4.91. The third-order valence-corrected chi connectivity index (χ3v) is 3.69. The second-order valence-corrected chi connectivity index (χ2v) is 6.04. The average molecular weight is 390 g/mol. The van der Waals surface area contributed by atoms with Gasteiger partial charge in [0.05, 0.1) is 6.04 Å². The highest BCUT2D eigenvalue weighted by Crippen LogP contribution is 2.06. The molecular weight excluding hydrogens is 364 g/mol. The number of nitrogens with one attached hydrogen (secondary N) is 2. The third kappa shape index (κ3) is 10.1. The molecule has 9 N–H and O–H groups in total. The van der Waals surface area contributed by atoms with Crippen LogP contribution in [0.1, 0.15) is 39.0 Å². The van der Waals surface area contributed by atoms with E-state index < -0.39 is 53.9 Å². The lowest BCUT2D eigenvalue weighted by Gasteiger charge is -2.22. The second-order valence-electron chi connectivity index (χ2n) is 6.04. The molecule has 0 heterocycles. The molecule has 0 bridgehead atoms. The van der Waals surface area contributed by atoms with Gasteiger partial charge in [0.15, 0.2) is 0 Å². The van der Waals surface area contributed by atoms with Gasteiger partial charge >= 0.3 is 17.9 Å². The maximum absolute atomic E-state index is 12.2. The van der Waals surface area contributed by atoms with Crippen LogP contribution < -0.4 is 22.1 Å². The molecule has 0 saturated carbocycles. The average Bonchev–Trinajstić information content (AvgIpc) is 2.57. The van der Waals surface area contributed by atoms with Crippen LogP contribution in [0.5, 0.6) is 0 Å². The van der Waals surface area contributed by atoms with Gasteiger partial charge in [-0.2, -0.15) is 0 Å². The fourth-order valence-electron chi connectivity index (χ4n) is 2.00. The SMILES string of the molecule is C[C@@H](NC(=O)[C@H](CCCC(N)C(=O)O)NC(=O)[C@@H](N)CCC(=O)O)C(=O)O. The largest absolute Gasteiger partial charge is 0.481 e. The van der Waals surface area contributed by atoms with Gasteiger partial charge in [-0.05, 0) is 32.6 Å². The first-order valence-electron chi connectivity index (χ1n) is 8.25. The molecule has 2 amide bonds. The lowest BCUT2D eigenvalue weighted by molar-refractivity contribution is -0.142. The normalized spacial score (nSPS) is 15.1. The van der Waals surface area contributed by atoms with Gasteiger partial charge in [0.25, 0.3) is 0 Å². The number of rotatable bonds is 13. The molecule has 0 aromatic carbocycles. The summed E-state index contributed by atoms with van der Waals surface area (Å²) in [4.78, 5) is 56.4. The van der Waals surface area contributed by atoms with Crippen molar-refractivity contribution in [2.24, 2.45) is 11.5 Å². The Morgan fingerprint density at radius 3 is 1.89 bits per heavy atom. The summed E-state index contributed by atoms with van der Waals surface area (Å²) in [5.41, 5.74) is 11.0. The summed E-state index contributed by atoms with van der Waals surface area (Å²) in [7, 11) is 0. The van der Waals surface area contributed by atoms with Crippen LogP contribution in [0.2, 0.25) is 0 Å². The first kappa shape index (κ1) is 24.3. The van der Waals surface area contributed by atoms with E-state index in [1.807, 2.05) is 0 Å². The molecular formula is C15H26N4O8. The van der Waals surface area contributed by atoms with Crippen LogP contribution in [-0.4, -0.2) is 69.2 Å². The van der Waals surface area contributed by atoms with E-state index in [9.17, 15) is 24.0 Å². The predicted molar refractivity (Wildman–Crippen MR) is 91.5 cm³/mol. The molecule has 0 aromatic heterocycles. The maximum atomic E-state index is 12.2. The molecule has 0 spiro atoms. The van der Waals surface area contributed by atoms with Crippen LogP contribution >= 0.6 is 0 Å². The van der Waals surface area contributed by atoms with Crippen molar-refractivity contribution in [3.8, 4) is 0 Å². The molecule has 154 valence electrons. The van der Waals surface area contributed by atoms with Gasteiger partial charge < -0.3 is 37.4 Å². The van der Waals surface area contributed by atoms with E-state index in [1.165, 1.54) is 6.92 Å². The molecule has 12 nitrogen and oxygen atoms in total. The highest BCUT2D eigenvalue weighted by Gasteiger charge is 2.26. The summed E-state index contributed by atoms with van der Waals surface area (Å²) in [5.74, 6) is -5.19. The van der Waals surface area contributed by atoms with Crippen molar-refractivity contribution in [3.05, 3.63) is 0 Å². The second kappa shape index (κ2) is 11.8. The third-order valence-electron chi connectivity index (χ3n) is 3.69. The van der Waals surface area contributed by atoms with Gasteiger partial charge in [-0.3, -0.25) is 24.0 Å². The van der Waals surface area contributed by atoms with E-state index in [4.69, 9.17) is 26.8 Å². The minimum absolute atomic E-state index is 0.00343. The van der Waals surface area contributed by atoms with Crippen molar-refractivity contribution in [2.45, 2.75) is 63.2 Å². The quantitative estimate of drug-likeness (QED) is 0.180. The van der Waals surface area contributed by atoms with E-state index in [-0.39, 0.29) is 32.1 Å². The Bertz CT molecular complexity index is 568. The van der Waals surface area contributed by atoms with Gasteiger partial charge in [-0.25, -0.2) is 0 Å². The van der Waals surface area contributed by atoms with E-state index in [0.29, 0.717) is 0 Å². The lowest BCUT2D eigenvalue weighted by Crippen LogP contribution is -2.54. The summed E-state index contributed by atoms with van der Waals surface area (Å²) < 4.78 is 0. The molecule has 12 heteroatoms. The van der Waals surface area contributed by atoms with Gasteiger partial charge in [0.1, 0.15) is 18.1 Å². The van der Waals surface area contributed by atoms with Crippen molar-refractivity contribution in [1.29, 1.82) is 0 Å². The standard InChI is InChI=1S/C15H26N4O8/c1-7(14(24)25)18-13(23)10(4-2-3-9(17)15(26)27)19-12(22)8(16)5-6-11(20)21/h7-10H,2-6,16-17H2,1H3,(H,18,23)(H,19,22)(H,20,21)(H,24,25)(H,26,27)/t7-,8+,9?,10+/m1/s1. The zero-order valence-corrected chi connectivity index (χ0v) is 14.9. The molecule has 0 saturated heterocycles. The summed E-state index contributed by atoms with van der Waals surface area (Å²) in [5, 5.41) is 30.8. The highest BCUT2D eigenvalue weighted by molar-refractivity contribution is 5.91. The fourth-order valence-corrected chi connectivity index (χ4v) is 2.00. The number of nitrogens with two attached hydrogens (primary N) is 2. The molecule has 0 radical (unpaired) electrons. The molecule has 0 fully saturated rings. The van der Waals surface area contributed by atoms with Crippen LogP contribution in [0.3, 0.4) is 0 Å². The maximum Gasteiger partial charge on any atom is 0.325 e. The number of amides is 2. The Morgan fingerprint density at radius 2 is 1.41 bits per heavy atom. The van der Waals surface area contributed by atoms with Gasteiger partial charge in [-0.1, -0.05) is 0 Å². The Kier molecular flexibility index (Phi) is 10.6. The number of hydrogen-bond acceptors (Lipinski definition) is 7. The monoisotopic (exact) mass is 390 g/mol. The molecule has 0 aliphatic rings. The smallest absolute Gasteiger partial charge is 0.325 e. The van der Waals surface area contributed by atoms with Crippen molar-refractivity contribution >= 4 is 29.7 Å². The van der Waals surface area contributed by atoms with Crippen molar-refractivity contribution in [2.75, 3.05) is 0 Å². The van der Waals surface area contributed by atoms with Crippen molar-refractivity contribution < 1.29 is 39.3 Å². The minimum atomic E-state index is -1.28. The minimum Gasteiger partial charge on any atom is -0.481 e. The van der Waals surface area contributed by atoms with Gasteiger partial charge in [-0.15, -0.1) is 0 Å².